The van der Waals surface area contributed by atoms with Crippen molar-refractivity contribution >= 4 is 26.1 Å². The SMILES string of the molecule is CC1=C(C(=O)O)C(c2ccccc2C=C[Si](C)(C)C)C(C)(C(=O)O)CN1. The zero-order valence-electron chi connectivity index (χ0n) is 16.0. The Balaban J connectivity index is 2.72. The molecule has 2 rings (SSSR count). The van der Waals surface area contributed by atoms with E-state index in [0.29, 0.717) is 5.70 Å². The molecular formula is C20H27NO4Si. The smallest absolute Gasteiger partial charge is 0.333 e. The molecule has 2 unspecified atom stereocenters. The molecule has 0 radical (unpaired) electrons. The molecular weight excluding hydrogens is 346 g/mol. The Bertz CT molecular complexity index is 791. The number of carboxylic acid groups (broad SMARTS) is 2. The first-order valence-electron chi connectivity index (χ1n) is 8.67. The van der Waals surface area contributed by atoms with Gasteiger partial charge >= 0.3 is 11.9 Å². The van der Waals surface area contributed by atoms with Crippen LogP contribution in [0.4, 0.5) is 0 Å². The van der Waals surface area contributed by atoms with E-state index in [-0.39, 0.29) is 12.1 Å². The predicted molar refractivity (Wildman–Crippen MR) is 106 cm³/mol. The molecule has 0 saturated carbocycles. The Morgan fingerprint density at radius 2 is 1.85 bits per heavy atom. The average Bonchev–Trinajstić information content (AvgIpc) is 2.54. The fourth-order valence-electron chi connectivity index (χ4n) is 3.30. The second-order valence-electron chi connectivity index (χ2n) is 8.18. The van der Waals surface area contributed by atoms with E-state index in [2.05, 4.69) is 30.7 Å². The number of carboxylic acids is 2. The number of benzene rings is 1. The molecule has 140 valence electrons. The maximum Gasteiger partial charge on any atom is 0.333 e. The number of aliphatic carboxylic acids is 2. The van der Waals surface area contributed by atoms with Crippen molar-refractivity contribution in [3.8, 4) is 0 Å². The highest BCUT2D eigenvalue weighted by Gasteiger charge is 2.49. The van der Waals surface area contributed by atoms with E-state index in [0.717, 1.165) is 11.1 Å². The lowest BCUT2D eigenvalue weighted by Gasteiger charge is -2.40. The van der Waals surface area contributed by atoms with E-state index in [1.807, 2.05) is 30.3 Å². The van der Waals surface area contributed by atoms with Crippen LogP contribution >= 0.6 is 0 Å². The molecule has 6 heteroatoms. The van der Waals surface area contributed by atoms with Crippen LogP contribution in [-0.2, 0) is 9.59 Å². The average molecular weight is 374 g/mol. The minimum atomic E-state index is -1.46. The van der Waals surface area contributed by atoms with Gasteiger partial charge in [-0.2, -0.15) is 0 Å². The van der Waals surface area contributed by atoms with Crippen molar-refractivity contribution in [3.05, 3.63) is 52.4 Å². The Morgan fingerprint density at radius 3 is 2.38 bits per heavy atom. The van der Waals surface area contributed by atoms with E-state index in [4.69, 9.17) is 0 Å². The van der Waals surface area contributed by atoms with Crippen LogP contribution in [0, 0.1) is 5.41 Å². The third-order valence-electron chi connectivity index (χ3n) is 4.84. The van der Waals surface area contributed by atoms with Crippen molar-refractivity contribution in [1.82, 2.24) is 5.32 Å². The summed E-state index contributed by atoms with van der Waals surface area (Å²) in [6, 6.07) is 7.49. The molecule has 5 nitrogen and oxygen atoms in total. The molecule has 26 heavy (non-hydrogen) atoms. The molecule has 2 atom stereocenters. The first-order valence-corrected chi connectivity index (χ1v) is 12.2. The summed E-state index contributed by atoms with van der Waals surface area (Å²) >= 11 is 0. The molecule has 0 spiro atoms. The van der Waals surface area contributed by atoms with Gasteiger partial charge in [0.15, 0.2) is 0 Å². The Morgan fingerprint density at radius 1 is 1.23 bits per heavy atom. The van der Waals surface area contributed by atoms with Crippen molar-refractivity contribution in [3.63, 3.8) is 0 Å². The first-order chi connectivity index (χ1) is 12.0. The monoisotopic (exact) mass is 373 g/mol. The molecule has 0 amide bonds. The first kappa shape index (κ1) is 20.0. The van der Waals surface area contributed by atoms with E-state index >= 15 is 0 Å². The molecule has 1 aromatic carbocycles. The second kappa shape index (κ2) is 7.11. The fourth-order valence-corrected chi connectivity index (χ4v) is 3.98. The third kappa shape index (κ3) is 3.90. The maximum atomic E-state index is 12.1. The summed E-state index contributed by atoms with van der Waals surface area (Å²) in [6.45, 7) is 10.1. The zero-order chi connectivity index (χ0) is 19.7. The van der Waals surface area contributed by atoms with Crippen LogP contribution in [0.25, 0.3) is 6.08 Å². The van der Waals surface area contributed by atoms with E-state index in [1.165, 1.54) is 0 Å². The van der Waals surface area contributed by atoms with Gasteiger partial charge in [-0.05, 0) is 25.0 Å². The highest BCUT2D eigenvalue weighted by Crippen LogP contribution is 2.46. The van der Waals surface area contributed by atoms with Gasteiger partial charge in [-0.3, -0.25) is 4.79 Å². The number of nitrogens with one attached hydrogen (secondary N) is 1. The van der Waals surface area contributed by atoms with E-state index in [9.17, 15) is 19.8 Å². The topological polar surface area (TPSA) is 86.6 Å². The van der Waals surface area contributed by atoms with Crippen molar-refractivity contribution in [2.45, 2.75) is 39.4 Å². The molecule has 0 aliphatic carbocycles. The van der Waals surface area contributed by atoms with Crippen molar-refractivity contribution in [2.24, 2.45) is 5.41 Å². The summed E-state index contributed by atoms with van der Waals surface area (Å²) in [5, 5.41) is 22.7. The summed E-state index contributed by atoms with van der Waals surface area (Å²) in [6.07, 6.45) is 2.01. The van der Waals surface area contributed by atoms with Crippen molar-refractivity contribution < 1.29 is 19.8 Å². The van der Waals surface area contributed by atoms with Gasteiger partial charge < -0.3 is 15.5 Å². The van der Waals surface area contributed by atoms with Crippen LogP contribution in [0.2, 0.25) is 19.6 Å². The Kier molecular flexibility index (Phi) is 5.46. The largest absolute Gasteiger partial charge is 0.481 e. The highest BCUT2D eigenvalue weighted by molar-refractivity contribution is 6.81. The Hall–Kier alpha value is -2.34. The molecule has 1 aliphatic rings. The second-order valence-corrected chi connectivity index (χ2v) is 13.2. The highest BCUT2D eigenvalue weighted by atomic mass is 28.3. The molecule has 0 aromatic heterocycles. The summed E-state index contributed by atoms with van der Waals surface area (Å²) in [5.74, 6) is -2.83. The van der Waals surface area contributed by atoms with Crippen LogP contribution < -0.4 is 5.32 Å². The van der Waals surface area contributed by atoms with Crippen LogP contribution in [0.1, 0.15) is 30.9 Å². The molecule has 0 bridgehead atoms. The normalized spacial score (nSPS) is 23.8. The van der Waals surface area contributed by atoms with Gasteiger partial charge in [0.1, 0.15) is 0 Å². The predicted octanol–water partition coefficient (Wildman–Crippen LogP) is 3.71. The van der Waals surface area contributed by atoms with Gasteiger partial charge in [-0.25, -0.2) is 4.79 Å². The van der Waals surface area contributed by atoms with E-state index < -0.39 is 31.3 Å². The van der Waals surface area contributed by atoms with Crippen LogP contribution in [0.15, 0.2) is 41.2 Å². The quantitative estimate of drug-likeness (QED) is 0.685. The standard InChI is InChI=1S/C20H27NO4Si/c1-13-16(18(22)23)17(20(2,12-21-13)19(24)25)15-9-7-6-8-14(15)10-11-26(3,4)5/h6-11,17,21H,12H2,1-5H3,(H,22,23)(H,24,25). The van der Waals surface area contributed by atoms with Gasteiger partial charge in [0.05, 0.1) is 19.1 Å². The lowest BCUT2D eigenvalue weighted by Crippen LogP contribution is -2.49. The summed E-state index contributed by atoms with van der Waals surface area (Å²) in [7, 11) is -1.46. The number of carbonyl (C=O) groups is 2. The number of rotatable bonds is 5. The fraction of sp³-hybridized carbons (Fsp3) is 0.400. The maximum absolute atomic E-state index is 12.1. The van der Waals surface area contributed by atoms with Crippen molar-refractivity contribution in [1.29, 1.82) is 0 Å². The summed E-state index contributed by atoms with van der Waals surface area (Å²) < 4.78 is 0. The van der Waals surface area contributed by atoms with Gasteiger partial charge in [0.2, 0.25) is 0 Å². The molecule has 3 N–H and O–H groups in total. The van der Waals surface area contributed by atoms with Gasteiger partial charge in [0, 0.05) is 18.2 Å². The van der Waals surface area contributed by atoms with E-state index in [1.54, 1.807) is 13.8 Å². The third-order valence-corrected chi connectivity index (χ3v) is 6.01. The van der Waals surface area contributed by atoms with Crippen LogP contribution in [-0.4, -0.2) is 36.8 Å². The lowest BCUT2D eigenvalue weighted by molar-refractivity contribution is -0.149. The number of hydrogen-bond acceptors (Lipinski definition) is 3. The minimum absolute atomic E-state index is 0.120. The molecule has 1 heterocycles. The number of allylic oxidation sites excluding steroid dienone is 1. The van der Waals surface area contributed by atoms with Crippen LogP contribution in [0.3, 0.4) is 0 Å². The Labute approximate surface area is 155 Å². The van der Waals surface area contributed by atoms with Gasteiger partial charge in [-0.1, -0.05) is 55.7 Å². The van der Waals surface area contributed by atoms with Gasteiger partial charge in [0.25, 0.3) is 0 Å². The van der Waals surface area contributed by atoms with Crippen molar-refractivity contribution in [2.75, 3.05) is 6.54 Å². The molecule has 0 saturated heterocycles. The molecule has 1 aliphatic heterocycles. The summed E-state index contributed by atoms with van der Waals surface area (Å²) in [4.78, 5) is 24.1. The summed E-state index contributed by atoms with van der Waals surface area (Å²) in [5.41, 5.74) is 3.18. The zero-order valence-corrected chi connectivity index (χ0v) is 17.0. The van der Waals surface area contributed by atoms with Gasteiger partial charge in [-0.15, -0.1) is 0 Å². The van der Waals surface area contributed by atoms with Crippen LogP contribution in [0.5, 0.6) is 0 Å². The minimum Gasteiger partial charge on any atom is -0.481 e. The number of hydrogen-bond donors (Lipinski definition) is 3. The molecule has 0 fully saturated rings. The lowest BCUT2D eigenvalue weighted by atomic mass is 9.66. The molecule has 1 aromatic rings.